The van der Waals surface area contributed by atoms with E-state index in [1.807, 2.05) is 37.3 Å². The van der Waals surface area contributed by atoms with E-state index in [4.69, 9.17) is 14.4 Å². The number of nitrogens with one attached hydrogen (secondary N) is 1. The number of ether oxygens (including phenoxy) is 1. The number of hydrogen-bond donors (Lipinski definition) is 2. The number of hydrogen-bond acceptors (Lipinski definition) is 7. The van der Waals surface area contributed by atoms with Crippen LogP contribution in [0, 0.1) is 13.8 Å². The molecule has 2 N–H and O–H groups in total. The number of carboxylic acid groups (broad SMARTS) is 1. The molecule has 2 heterocycles. The van der Waals surface area contributed by atoms with Crippen LogP contribution < -0.4 is 5.32 Å². The topological polar surface area (TPSA) is 110 Å². The predicted octanol–water partition coefficient (Wildman–Crippen LogP) is 5.54. The molecule has 4 rings (SSSR count). The van der Waals surface area contributed by atoms with Crippen molar-refractivity contribution in [2.24, 2.45) is 0 Å². The van der Waals surface area contributed by atoms with Gasteiger partial charge in [0.2, 0.25) is 5.82 Å². The van der Waals surface area contributed by atoms with Gasteiger partial charge in [-0.1, -0.05) is 35.5 Å². The van der Waals surface area contributed by atoms with Crippen LogP contribution in [0.4, 0.5) is 5.82 Å². The van der Waals surface area contributed by atoms with E-state index in [0.717, 1.165) is 27.8 Å². The summed E-state index contributed by atoms with van der Waals surface area (Å²) in [5.41, 5.74) is 6.86. The Labute approximate surface area is 209 Å². The molecule has 8 nitrogen and oxygen atoms in total. The number of pyridine rings is 1. The number of carboxylic acids is 1. The summed E-state index contributed by atoms with van der Waals surface area (Å²) < 4.78 is 11.0. The van der Waals surface area contributed by atoms with Crippen LogP contribution in [-0.2, 0) is 16.1 Å². The van der Waals surface area contributed by atoms with Crippen molar-refractivity contribution in [1.29, 1.82) is 0 Å². The van der Waals surface area contributed by atoms with Gasteiger partial charge in [-0.15, -0.1) is 12.4 Å². The minimum Gasteiger partial charge on any atom is -0.481 e. The molecule has 4 aromatic rings. The molecule has 35 heavy (non-hydrogen) atoms. The van der Waals surface area contributed by atoms with Crippen molar-refractivity contribution in [1.82, 2.24) is 15.1 Å². The van der Waals surface area contributed by atoms with E-state index in [2.05, 4.69) is 45.6 Å². The average Bonchev–Trinajstić information content (AvgIpc) is 3.31. The highest BCUT2D eigenvalue weighted by molar-refractivity contribution is 5.85. The van der Waals surface area contributed by atoms with Crippen molar-refractivity contribution in [3.63, 3.8) is 0 Å². The molecule has 182 valence electrons. The van der Waals surface area contributed by atoms with E-state index in [-0.39, 0.29) is 18.8 Å². The smallest absolute Gasteiger partial charge is 0.305 e. The first-order chi connectivity index (χ1) is 16.5. The third-order valence-corrected chi connectivity index (χ3v) is 5.48. The number of carbonyl (C=O) groups is 1. The van der Waals surface area contributed by atoms with Crippen LogP contribution >= 0.6 is 12.4 Å². The fraction of sp³-hybridized carbons (Fsp3) is 0.231. The molecular formula is C26H27ClN4O4. The standard InChI is InChI=1S/C26H26N4O4.ClH/c1-16-6-4-5-7-21(16)22-9-8-18(13-20(22)15-33-3)26-29-25(30-34-26)19-12-17(2)24(28-14-19)27-11-10-23(31)32;/h4-9,12-14H,10-11,15H2,1-3H3,(H,27,28)(H,31,32);1H. The molecule has 0 amide bonds. The maximum atomic E-state index is 10.7. The van der Waals surface area contributed by atoms with Gasteiger partial charge in [-0.2, -0.15) is 4.98 Å². The van der Waals surface area contributed by atoms with Gasteiger partial charge >= 0.3 is 5.97 Å². The molecule has 0 fully saturated rings. The first-order valence-corrected chi connectivity index (χ1v) is 10.9. The van der Waals surface area contributed by atoms with E-state index in [1.165, 1.54) is 5.56 Å². The number of halogens is 1. The lowest BCUT2D eigenvalue weighted by Gasteiger charge is -2.12. The van der Waals surface area contributed by atoms with Gasteiger partial charge < -0.3 is 19.7 Å². The molecule has 0 radical (unpaired) electrons. The highest BCUT2D eigenvalue weighted by Gasteiger charge is 2.15. The number of aromatic nitrogens is 3. The van der Waals surface area contributed by atoms with E-state index in [0.29, 0.717) is 36.2 Å². The molecule has 0 aliphatic carbocycles. The number of benzene rings is 2. The van der Waals surface area contributed by atoms with Gasteiger partial charge in [-0.05, 0) is 59.9 Å². The van der Waals surface area contributed by atoms with E-state index < -0.39 is 5.97 Å². The number of nitrogens with zero attached hydrogens (tertiary/aromatic N) is 3. The normalized spacial score (nSPS) is 10.6. The van der Waals surface area contributed by atoms with Gasteiger partial charge in [-0.25, -0.2) is 4.98 Å². The van der Waals surface area contributed by atoms with Crippen molar-refractivity contribution < 1.29 is 19.2 Å². The zero-order valence-corrected chi connectivity index (χ0v) is 20.6. The molecule has 2 aromatic carbocycles. The highest BCUT2D eigenvalue weighted by atomic mass is 35.5. The summed E-state index contributed by atoms with van der Waals surface area (Å²) >= 11 is 0. The number of methoxy groups -OCH3 is 1. The van der Waals surface area contributed by atoms with Gasteiger partial charge in [0.1, 0.15) is 5.82 Å². The Morgan fingerprint density at radius 3 is 2.57 bits per heavy atom. The lowest BCUT2D eigenvalue weighted by atomic mass is 9.94. The van der Waals surface area contributed by atoms with Crippen molar-refractivity contribution in [3.8, 4) is 34.0 Å². The third kappa shape index (κ3) is 6.03. The second kappa shape index (κ2) is 11.6. The van der Waals surface area contributed by atoms with Crippen LogP contribution in [-0.4, -0.2) is 39.9 Å². The molecule has 0 unspecified atom stereocenters. The molecule has 2 aromatic heterocycles. The number of aryl methyl sites for hydroxylation is 2. The van der Waals surface area contributed by atoms with Gasteiger partial charge in [0.25, 0.3) is 5.89 Å². The summed E-state index contributed by atoms with van der Waals surface area (Å²) in [4.78, 5) is 19.7. The Morgan fingerprint density at radius 1 is 1.06 bits per heavy atom. The lowest BCUT2D eigenvalue weighted by molar-refractivity contribution is -0.136. The van der Waals surface area contributed by atoms with Crippen LogP contribution in [0.25, 0.3) is 34.0 Å². The van der Waals surface area contributed by atoms with Gasteiger partial charge in [0.15, 0.2) is 0 Å². The fourth-order valence-electron chi connectivity index (χ4n) is 3.77. The quantitative estimate of drug-likeness (QED) is 0.312. The maximum Gasteiger partial charge on any atom is 0.305 e. The summed E-state index contributed by atoms with van der Waals surface area (Å²) in [7, 11) is 1.68. The predicted molar refractivity (Wildman–Crippen MR) is 137 cm³/mol. The van der Waals surface area contributed by atoms with Gasteiger partial charge in [-0.3, -0.25) is 4.79 Å². The SMILES string of the molecule is COCc1cc(-c2nc(-c3cnc(NCCC(=O)O)c(C)c3)no2)ccc1-c1ccccc1C.Cl. The summed E-state index contributed by atoms with van der Waals surface area (Å²) in [6.45, 7) is 4.74. The van der Waals surface area contributed by atoms with Gasteiger partial charge in [0, 0.05) is 31.0 Å². The van der Waals surface area contributed by atoms with Crippen LogP contribution in [0.15, 0.2) is 59.3 Å². The average molecular weight is 495 g/mol. The second-order valence-corrected chi connectivity index (χ2v) is 8.00. The van der Waals surface area contributed by atoms with Gasteiger partial charge in [0.05, 0.1) is 13.0 Å². The molecular weight excluding hydrogens is 468 g/mol. The number of rotatable bonds is 9. The Balaban J connectivity index is 0.00000342. The molecule has 0 aliphatic heterocycles. The largest absolute Gasteiger partial charge is 0.481 e. The highest BCUT2D eigenvalue weighted by Crippen LogP contribution is 2.32. The van der Waals surface area contributed by atoms with Crippen LogP contribution in [0.1, 0.15) is 23.1 Å². The zero-order chi connectivity index (χ0) is 24.1. The minimum atomic E-state index is -0.860. The molecule has 0 bridgehead atoms. The zero-order valence-electron chi connectivity index (χ0n) is 19.7. The van der Waals surface area contributed by atoms with Crippen molar-refractivity contribution in [2.75, 3.05) is 19.0 Å². The molecule has 9 heteroatoms. The Hall–Kier alpha value is -3.75. The first kappa shape index (κ1) is 25.9. The van der Waals surface area contributed by atoms with E-state index in [1.54, 1.807) is 13.3 Å². The van der Waals surface area contributed by atoms with Crippen LogP contribution in [0.2, 0.25) is 0 Å². The van der Waals surface area contributed by atoms with Crippen molar-refractivity contribution in [3.05, 3.63) is 71.4 Å². The number of aliphatic carboxylic acids is 1. The molecule has 0 saturated carbocycles. The summed E-state index contributed by atoms with van der Waals surface area (Å²) in [6, 6.07) is 16.2. The first-order valence-electron chi connectivity index (χ1n) is 10.9. The fourth-order valence-corrected chi connectivity index (χ4v) is 3.77. The molecule has 0 spiro atoms. The Bertz CT molecular complexity index is 1320. The van der Waals surface area contributed by atoms with E-state index in [9.17, 15) is 4.79 Å². The van der Waals surface area contributed by atoms with E-state index >= 15 is 0 Å². The molecule has 0 aliphatic rings. The second-order valence-electron chi connectivity index (χ2n) is 8.00. The maximum absolute atomic E-state index is 10.7. The third-order valence-electron chi connectivity index (χ3n) is 5.48. The Morgan fingerprint density at radius 2 is 1.86 bits per heavy atom. The van der Waals surface area contributed by atoms with Crippen molar-refractivity contribution >= 4 is 24.2 Å². The van der Waals surface area contributed by atoms with Crippen LogP contribution in [0.3, 0.4) is 0 Å². The van der Waals surface area contributed by atoms with Crippen LogP contribution in [0.5, 0.6) is 0 Å². The molecule has 0 atom stereocenters. The summed E-state index contributed by atoms with van der Waals surface area (Å²) in [6.07, 6.45) is 1.66. The molecule has 0 saturated heterocycles. The Kier molecular flexibility index (Phi) is 8.57. The lowest BCUT2D eigenvalue weighted by Crippen LogP contribution is -2.09. The summed E-state index contributed by atoms with van der Waals surface area (Å²) in [5, 5.41) is 15.9. The summed E-state index contributed by atoms with van der Waals surface area (Å²) in [5.74, 6) is 0.607. The number of anilines is 1. The monoisotopic (exact) mass is 494 g/mol. The van der Waals surface area contributed by atoms with Crippen molar-refractivity contribution in [2.45, 2.75) is 26.9 Å². The minimum absolute atomic E-state index is 0.